The van der Waals surface area contributed by atoms with Crippen molar-refractivity contribution in [3.8, 4) is 11.5 Å². The third kappa shape index (κ3) is 10.9. The maximum absolute atomic E-state index is 12.7. The third-order valence-corrected chi connectivity index (χ3v) is 6.46. The highest BCUT2D eigenvalue weighted by atomic mass is 16.7. The van der Waals surface area contributed by atoms with Crippen molar-refractivity contribution in [2.75, 3.05) is 0 Å². The van der Waals surface area contributed by atoms with Crippen molar-refractivity contribution in [1.82, 2.24) is 0 Å². The van der Waals surface area contributed by atoms with Gasteiger partial charge in [0.2, 0.25) is 0 Å². The summed E-state index contributed by atoms with van der Waals surface area (Å²) in [5.41, 5.74) is 4.09. The van der Waals surface area contributed by atoms with E-state index in [0.29, 0.717) is 5.56 Å². The van der Waals surface area contributed by atoms with Crippen LogP contribution in [0.25, 0.3) is 0 Å². The van der Waals surface area contributed by atoms with E-state index in [0.717, 1.165) is 0 Å². The zero-order chi connectivity index (χ0) is 30.3. The lowest BCUT2D eigenvalue weighted by Gasteiger charge is -2.29. The van der Waals surface area contributed by atoms with E-state index in [-0.39, 0.29) is 36.2 Å². The first-order valence-electron chi connectivity index (χ1n) is 13.2. The molecule has 0 aliphatic rings. The number of hydrogen-bond acceptors (Lipinski definition) is 9. The number of esters is 2. The molecule has 0 bridgehead atoms. The Labute approximate surface area is 231 Å². The minimum absolute atomic E-state index is 0.00260. The molecule has 10 nitrogen and oxygen atoms in total. The van der Waals surface area contributed by atoms with Gasteiger partial charge in [0.05, 0.1) is 11.8 Å². The van der Waals surface area contributed by atoms with Crippen LogP contribution in [0.4, 0.5) is 4.79 Å². The molecule has 220 valence electrons. The Balaban J connectivity index is 3.28. The Bertz CT molecular complexity index is 1030. The van der Waals surface area contributed by atoms with Crippen LogP contribution in [-0.2, 0) is 30.3 Å². The minimum Gasteiger partial charge on any atom is -0.480 e. The molecule has 39 heavy (non-hydrogen) atoms. The predicted octanol–water partition coefficient (Wildman–Crippen LogP) is 5.14. The van der Waals surface area contributed by atoms with Gasteiger partial charge in [-0.25, -0.2) is 4.79 Å². The molecule has 0 fully saturated rings. The number of carbonyl (C=O) groups excluding carboxylic acids is 3. The number of nitrogens with two attached hydrogens (primary N) is 1. The fraction of sp³-hybridized carbons (Fsp3) is 0.655. The van der Waals surface area contributed by atoms with Crippen LogP contribution >= 0.6 is 0 Å². The van der Waals surface area contributed by atoms with E-state index in [2.05, 4.69) is 0 Å². The molecule has 0 aliphatic carbocycles. The maximum atomic E-state index is 12.7. The Morgan fingerprint density at radius 3 is 1.77 bits per heavy atom. The summed E-state index contributed by atoms with van der Waals surface area (Å²) in [5.74, 6) is -3.10. The number of rotatable bonds is 12. The molecule has 0 heterocycles. The topological polar surface area (TPSA) is 151 Å². The van der Waals surface area contributed by atoms with Gasteiger partial charge in [0, 0.05) is 12.8 Å². The average Bonchev–Trinajstić information content (AvgIpc) is 2.77. The molecule has 0 spiro atoms. The fourth-order valence-electron chi connectivity index (χ4n) is 3.37. The van der Waals surface area contributed by atoms with Crippen LogP contribution in [0.2, 0.25) is 0 Å². The lowest BCUT2D eigenvalue weighted by atomic mass is 9.86. The average molecular weight is 552 g/mol. The van der Waals surface area contributed by atoms with E-state index in [1.807, 2.05) is 27.7 Å². The second-order valence-electron chi connectivity index (χ2n) is 11.9. The first kappa shape index (κ1) is 33.9. The first-order valence-corrected chi connectivity index (χ1v) is 13.2. The highest BCUT2D eigenvalue weighted by Crippen LogP contribution is 2.33. The Kier molecular flexibility index (Phi) is 12.0. The minimum atomic E-state index is -1.84. The Hall–Kier alpha value is -3.14. The summed E-state index contributed by atoms with van der Waals surface area (Å²) < 4.78 is 21.5. The molecule has 0 amide bonds. The second-order valence-corrected chi connectivity index (χ2v) is 11.9. The van der Waals surface area contributed by atoms with Crippen LogP contribution in [-0.4, -0.2) is 46.4 Å². The van der Waals surface area contributed by atoms with Crippen LogP contribution in [0.15, 0.2) is 18.2 Å². The Morgan fingerprint density at radius 2 is 1.33 bits per heavy atom. The summed E-state index contributed by atoms with van der Waals surface area (Å²) in [6, 6.07) is 4.44. The summed E-state index contributed by atoms with van der Waals surface area (Å²) in [5, 5.41) is 9.95. The number of carboxylic acid groups (broad SMARTS) is 1. The van der Waals surface area contributed by atoms with E-state index in [1.165, 1.54) is 19.1 Å². The smallest absolute Gasteiger partial charge is 0.480 e. The molecule has 10 heteroatoms. The normalized spacial score (nSPS) is 15.6. The standard InChI is InChI=1S/C29H45NO9/c1-16(2)19(6)24(31)37-22-12-11-21(13-23(22)38-25(32)20(7)17(3)4)15-29(30,26(33)34)14-18(5)36-27(35)39-28(8,9)10/h11-13,16-20H,14-15,30H2,1-10H3,(H,33,34)/t18-,19?,20?,29?/m0/s1. The summed E-state index contributed by atoms with van der Waals surface area (Å²) in [6.45, 7) is 17.6. The molecule has 0 saturated heterocycles. The van der Waals surface area contributed by atoms with Crippen LogP contribution in [0.5, 0.6) is 11.5 Å². The summed E-state index contributed by atoms with van der Waals surface area (Å²) >= 11 is 0. The van der Waals surface area contributed by atoms with Crippen molar-refractivity contribution in [3.63, 3.8) is 0 Å². The van der Waals surface area contributed by atoms with E-state index in [1.54, 1.807) is 40.7 Å². The van der Waals surface area contributed by atoms with Crippen molar-refractivity contribution in [1.29, 1.82) is 0 Å². The predicted molar refractivity (Wildman–Crippen MR) is 145 cm³/mol. The Morgan fingerprint density at radius 1 is 0.846 bits per heavy atom. The first-order chi connectivity index (χ1) is 17.8. The SMILES string of the molecule is CC(C)C(C)C(=O)Oc1ccc(CC(N)(C[C@H](C)OC(=O)OC(C)(C)C)C(=O)O)cc1OC(=O)C(C)C(C)C. The summed E-state index contributed by atoms with van der Waals surface area (Å²) in [6.07, 6.45) is -2.21. The monoisotopic (exact) mass is 551 g/mol. The zero-order valence-corrected chi connectivity index (χ0v) is 24.8. The maximum Gasteiger partial charge on any atom is 0.509 e. The van der Waals surface area contributed by atoms with Crippen LogP contribution in [0.1, 0.15) is 81.2 Å². The third-order valence-electron chi connectivity index (χ3n) is 6.46. The molecule has 0 aliphatic heterocycles. The molecule has 3 unspecified atom stereocenters. The van der Waals surface area contributed by atoms with E-state index < -0.39 is 53.1 Å². The number of hydrogen-bond donors (Lipinski definition) is 2. The zero-order valence-electron chi connectivity index (χ0n) is 24.8. The number of benzene rings is 1. The molecule has 0 radical (unpaired) electrons. The molecule has 3 N–H and O–H groups in total. The molecular weight excluding hydrogens is 506 g/mol. The highest BCUT2D eigenvalue weighted by molar-refractivity contribution is 5.80. The van der Waals surface area contributed by atoms with Crippen molar-refractivity contribution in [2.24, 2.45) is 29.4 Å². The highest BCUT2D eigenvalue weighted by Gasteiger charge is 2.38. The second kappa shape index (κ2) is 13.8. The van der Waals surface area contributed by atoms with E-state index in [4.69, 9.17) is 24.7 Å². The number of carboxylic acids is 1. The molecule has 1 aromatic carbocycles. The largest absolute Gasteiger partial charge is 0.509 e. The molecule has 4 atom stereocenters. The summed E-state index contributed by atoms with van der Waals surface area (Å²) in [7, 11) is 0. The molecule has 0 aromatic heterocycles. The van der Waals surface area contributed by atoms with Gasteiger partial charge in [-0.2, -0.15) is 0 Å². The van der Waals surface area contributed by atoms with Crippen LogP contribution in [0, 0.1) is 23.7 Å². The molecular formula is C29H45NO9. The van der Waals surface area contributed by atoms with Gasteiger partial charge in [0.25, 0.3) is 0 Å². The van der Waals surface area contributed by atoms with Gasteiger partial charge < -0.3 is 29.8 Å². The van der Waals surface area contributed by atoms with Gasteiger partial charge in [-0.05, 0) is 57.2 Å². The van der Waals surface area contributed by atoms with Crippen molar-refractivity contribution in [2.45, 2.75) is 99.3 Å². The van der Waals surface area contributed by atoms with E-state index in [9.17, 15) is 24.3 Å². The quantitative estimate of drug-likeness (QED) is 0.264. The van der Waals surface area contributed by atoms with Gasteiger partial charge in [-0.15, -0.1) is 0 Å². The summed E-state index contributed by atoms with van der Waals surface area (Å²) in [4.78, 5) is 49.6. The fourth-order valence-corrected chi connectivity index (χ4v) is 3.37. The molecule has 1 aromatic rings. The van der Waals surface area contributed by atoms with Crippen molar-refractivity contribution < 1.29 is 43.2 Å². The lowest BCUT2D eigenvalue weighted by Crippen LogP contribution is -2.52. The van der Waals surface area contributed by atoms with Gasteiger partial charge in [0.15, 0.2) is 11.5 Å². The van der Waals surface area contributed by atoms with Gasteiger partial charge >= 0.3 is 24.1 Å². The number of carbonyl (C=O) groups is 4. The van der Waals surface area contributed by atoms with Crippen LogP contribution in [0.3, 0.4) is 0 Å². The van der Waals surface area contributed by atoms with Gasteiger partial charge in [-0.3, -0.25) is 14.4 Å². The van der Waals surface area contributed by atoms with Gasteiger partial charge in [0.1, 0.15) is 17.2 Å². The van der Waals surface area contributed by atoms with E-state index >= 15 is 0 Å². The lowest BCUT2D eigenvalue weighted by molar-refractivity contribution is -0.145. The van der Waals surface area contributed by atoms with Crippen molar-refractivity contribution in [3.05, 3.63) is 23.8 Å². The van der Waals surface area contributed by atoms with Crippen molar-refractivity contribution >= 4 is 24.1 Å². The number of ether oxygens (including phenoxy) is 4. The van der Waals surface area contributed by atoms with Gasteiger partial charge in [-0.1, -0.05) is 47.6 Å². The molecule has 0 saturated carbocycles. The van der Waals surface area contributed by atoms with Crippen LogP contribution < -0.4 is 15.2 Å². The number of aliphatic carboxylic acids is 1. The molecule has 1 rings (SSSR count).